The molecule has 15 heavy (non-hydrogen) atoms. The molecule has 0 aliphatic rings. The van der Waals surface area contributed by atoms with Crippen LogP contribution in [0.15, 0.2) is 24.3 Å². The summed E-state index contributed by atoms with van der Waals surface area (Å²) in [6, 6.07) is 7.73. The van der Waals surface area contributed by atoms with Crippen LogP contribution in [0.1, 0.15) is 5.69 Å². The number of hydrogen-bond acceptors (Lipinski definition) is 2. The van der Waals surface area contributed by atoms with Gasteiger partial charge in [-0.3, -0.25) is 5.10 Å². The lowest BCUT2D eigenvalue weighted by Gasteiger charge is -2.03. The number of aromatic nitrogens is 2. The van der Waals surface area contributed by atoms with E-state index >= 15 is 0 Å². The van der Waals surface area contributed by atoms with Gasteiger partial charge in [0.15, 0.2) is 5.82 Å². The van der Waals surface area contributed by atoms with Crippen LogP contribution in [0.25, 0.3) is 11.1 Å². The zero-order valence-electron chi connectivity index (χ0n) is 8.63. The molecule has 2 aromatic rings. The zero-order valence-corrected chi connectivity index (χ0v) is 9.39. The molecule has 4 heteroatoms. The topological polar surface area (TPSA) is 40.7 Å². The molecule has 0 unspecified atom stereocenters. The van der Waals surface area contributed by atoms with Gasteiger partial charge in [-0.05, 0) is 24.6 Å². The molecule has 0 fully saturated rings. The Morgan fingerprint density at radius 1 is 1.27 bits per heavy atom. The molecule has 78 valence electrons. The number of anilines is 1. The van der Waals surface area contributed by atoms with E-state index in [0.717, 1.165) is 27.7 Å². The van der Waals surface area contributed by atoms with Crippen LogP contribution in [0, 0.1) is 6.92 Å². The van der Waals surface area contributed by atoms with Crippen molar-refractivity contribution in [2.75, 3.05) is 12.4 Å². The Balaban J connectivity index is 2.52. The molecule has 0 spiro atoms. The number of aryl methyl sites for hydroxylation is 1. The molecule has 0 amide bonds. The predicted octanol–water partition coefficient (Wildman–Crippen LogP) is 3.08. The second-order valence-electron chi connectivity index (χ2n) is 3.33. The van der Waals surface area contributed by atoms with E-state index in [-0.39, 0.29) is 0 Å². The number of nitrogens with zero attached hydrogens (tertiary/aromatic N) is 1. The molecule has 0 saturated heterocycles. The SMILES string of the molecule is CNc1n[nH]c(C)c1-c1ccc(Cl)cc1. The Morgan fingerprint density at radius 2 is 1.93 bits per heavy atom. The molecule has 0 radical (unpaired) electrons. The number of rotatable bonds is 2. The van der Waals surface area contributed by atoms with Crippen LogP contribution in [-0.2, 0) is 0 Å². The predicted molar refractivity (Wildman–Crippen MR) is 63.3 cm³/mol. The molecule has 0 aliphatic carbocycles. The Bertz CT molecular complexity index is 459. The number of nitrogens with one attached hydrogen (secondary N) is 2. The second-order valence-corrected chi connectivity index (χ2v) is 3.77. The molecule has 0 atom stereocenters. The lowest BCUT2D eigenvalue weighted by atomic mass is 10.1. The summed E-state index contributed by atoms with van der Waals surface area (Å²) in [4.78, 5) is 0. The maximum atomic E-state index is 5.85. The number of hydrogen-bond donors (Lipinski definition) is 2. The molecule has 1 aromatic heterocycles. The fourth-order valence-electron chi connectivity index (χ4n) is 1.58. The molecule has 2 rings (SSSR count). The molecular weight excluding hydrogens is 210 g/mol. The van der Waals surface area contributed by atoms with Crippen LogP contribution in [0.4, 0.5) is 5.82 Å². The van der Waals surface area contributed by atoms with Gasteiger partial charge in [0.05, 0.1) is 0 Å². The molecule has 1 heterocycles. The van der Waals surface area contributed by atoms with Crippen LogP contribution >= 0.6 is 11.6 Å². The highest BCUT2D eigenvalue weighted by molar-refractivity contribution is 6.30. The normalized spacial score (nSPS) is 10.3. The first kappa shape index (κ1) is 10.1. The molecule has 2 N–H and O–H groups in total. The van der Waals surface area contributed by atoms with Crippen LogP contribution in [0.2, 0.25) is 5.02 Å². The van der Waals surface area contributed by atoms with Crippen molar-refractivity contribution >= 4 is 17.4 Å². The van der Waals surface area contributed by atoms with Gasteiger partial charge in [0.2, 0.25) is 0 Å². The van der Waals surface area contributed by atoms with Gasteiger partial charge in [-0.15, -0.1) is 0 Å². The van der Waals surface area contributed by atoms with Crippen molar-refractivity contribution in [3.05, 3.63) is 35.0 Å². The van der Waals surface area contributed by atoms with Gasteiger partial charge in [-0.2, -0.15) is 5.10 Å². The smallest absolute Gasteiger partial charge is 0.155 e. The molecule has 1 aromatic carbocycles. The van der Waals surface area contributed by atoms with Crippen molar-refractivity contribution in [2.45, 2.75) is 6.92 Å². The third kappa shape index (κ3) is 1.83. The van der Waals surface area contributed by atoms with E-state index in [0.29, 0.717) is 0 Å². The average molecular weight is 222 g/mol. The van der Waals surface area contributed by atoms with Gasteiger partial charge in [-0.1, -0.05) is 23.7 Å². The van der Waals surface area contributed by atoms with Crippen LogP contribution in [0.5, 0.6) is 0 Å². The summed E-state index contributed by atoms with van der Waals surface area (Å²) in [7, 11) is 1.86. The van der Waals surface area contributed by atoms with Gasteiger partial charge >= 0.3 is 0 Å². The van der Waals surface area contributed by atoms with Crippen molar-refractivity contribution in [1.29, 1.82) is 0 Å². The molecule has 0 saturated carbocycles. The van der Waals surface area contributed by atoms with E-state index in [1.165, 1.54) is 0 Å². The quantitative estimate of drug-likeness (QED) is 0.818. The van der Waals surface area contributed by atoms with E-state index in [1.807, 2.05) is 38.2 Å². The first-order valence-corrected chi connectivity index (χ1v) is 5.09. The van der Waals surface area contributed by atoms with Crippen molar-refractivity contribution in [3.63, 3.8) is 0 Å². The van der Waals surface area contributed by atoms with E-state index in [2.05, 4.69) is 15.5 Å². The van der Waals surface area contributed by atoms with Gasteiger partial charge in [0.1, 0.15) is 0 Å². The summed E-state index contributed by atoms with van der Waals surface area (Å²) in [6.07, 6.45) is 0. The minimum Gasteiger partial charge on any atom is -0.371 e. The van der Waals surface area contributed by atoms with Crippen molar-refractivity contribution in [3.8, 4) is 11.1 Å². The van der Waals surface area contributed by atoms with Gasteiger partial charge < -0.3 is 5.32 Å². The Kier molecular flexibility index (Phi) is 2.64. The average Bonchev–Trinajstić information content (AvgIpc) is 2.61. The first-order valence-electron chi connectivity index (χ1n) is 4.71. The van der Waals surface area contributed by atoms with Crippen LogP contribution < -0.4 is 5.32 Å². The number of benzene rings is 1. The summed E-state index contributed by atoms with van der Waals surface area (Å²) >= 11 is 5.85. The van der Waals surface area contributed by atoms with Gasteiger partial charge in [0, 0.05) is 23.3 Å². The number of aromatic amines is 1. The summed E-state index contributed by atoms with van der Waals surface area (Å²) in [6.45, 7) is 2.00. The molecular formula is C11H12ClN3. The van der Waals surface area contributed by atoms with Crippen molar-refractivity contribution < 1.29 is 0 Å². The second kappa shape index (κ2) is 3.95. The third-order valence-corrected chi connectivity index (χ3v) is 2.57. The Hall–Kier alpha value is -1.48. The van der Waals surface area contributed by atoms with Gasteiger partial charge in [0.25, 0.3) is 0 Å². The lowest BCUT2D eigenvalue weighted by molar-refractivity contribution is 1.05. The molecule has 0 aliphatic heterocycles. The standard InChI is InChI=1S/C11H12ClN3/c1-7-10(11(13-2)15-14-7)8-3-5-9(12)6-4-8/h3-6H,1-2H3,(H2,13,14,15). The first-order chi connectivity index (χ1) is 7.22. The maximum Gasteiger partial charge on any atom is 0.155 e. The monoisotopic (exact) mass is 221 g/mol. The largest absolute Gasteiger partial charge is 0.371 e. The molecule has 3 nitrogen and oxygen atoms in total. The minimum absolute atomic E-state index is 0.742. The Labute approximate surface area is 93.5 Å². The molecule has 0 bridgehead atoms. The lowest BCUT2D eigenvalue weighted by Crippen LogP contribution is -1.90. The van der Waals surface area contributed by atoms with E-state index in [1.54, 1.807) is 0 Å². The van der Waals surface area contributed by atoms with Gasteiger partial charge in [-0.25, -0.2) is 0 Å². The highest BCUT2D eigenvalue weighted by Crippen LogP contribution is 2.29. The van der Waals surface area contributed by atoms with E-state index in [4.69, 9.17) is 11.6 Å². The zero-order chi connectivity index (χ0) is 10.8. The highest BCUT2D eigenvalue weighted by atomic mass is 35.5. The van der Waals surface area contributed by atoms with Crippen molar-refractivity contribution in [2.24, 2.45) is 0 Å². The van der Waals surface area contributed by atoms with Crippen LogP contribution in [-0.4, -0.2) is 17.2 Å². The summed E-state index contributed by atoms with van der Waals surface area (Å²) in [5, 5.41) is 10.9. The summed E-state index contributed by atoms with van der Waals surface area (Å²) in [5.41, 5.74) is 3.24. The fourth-order valence-corrected chi connectivity index (χ4v) is 1.71. The Morgan fingerprint density at radius 3 is 2.53 bits per heavy atom. The van der Waals surface area contributed by atoms with Crippen molar-refractivity contribution in [1.82, 2.24) is 10.2 Å². The summed E-state index contributed by atoms with van der Waals surface area (Å²) in [5.74, 6) is 0.856. The van der Waals surface area contributed by atoms with Crippen LogP contribution in [0.3, 0.4) is 0 Å². The number of H-pyrrole nitrogens is 1. The maximum absolute atomic E-state index is 5.85. The van der Waals surface area contributed by atoms with E-state index in [9.17, 15) is 0 Å². The highest BCUT2D eigenvalue weighted by Gasteiger charge is 2.10. The summed E-state index contributed by atoms with van der Waals surface area (Å²) < 4.78 is 0. The fraction of sp³-hybridized carbons (Fsp3) is 0.182. The van der Waals surface area contributed by atoms with E-state index < -0.39 is 0 Å². The third-order valence-electron chi connectivity index (χ3n) is 2.32. The minimum atomic E-state index is 0.742. The number of halogens is 1.